The number of carbonyl (C=O) groups is 4. The number of esters is 4. The maximum Gasteiger partial charge on any atom is 0.313 e. The van der Waals surface area contributed by atoms with Gasteiger partial charge >= 0.3 is 23.9 Å². The Kier molecular flexibility index (Phi) is 37.9. The van der Waals surface area contributed by atoms with E-state index >= 15 is 0 Å². The van der Waals surface area contributed by atoms with Crippen molar-refractivity contribution in [3.63, 3.8) is 0 Å². The molecule has 0 saturated carbocycles. The first kappa shape index (κ1) is 63.2. The number of hydrogen-bond donors (Lipinski definition) is 0. The van der Waals surface area contributed by atoms with Crippen LogP contribution in [0.5, 0.6) is 0 Å². The molecule has 0 N–H and O–H groups in total. The molecule has 0 bridgehead atoms. The van der Waals surface area contributed by atoms with Crippen LogP contribution in [0.2, 0.25) is 0 Å². The second-order valence-electron chi connectivity index (χ2n) is 19.0. The number of hydrogen-bond acceptors (Lipinski definition) is 14. The molecular weight excluding hydrogens is 909 g/mol. The minimum absolute atomic E-state index is 0.184. The predicted octanol–water partition coefficient (Wildman–Crippen LogP) is 10.3. The molecule has 0 aliphatic rings. The molecular formula is C57H92O14. The minimum Gasteiger partial charge on any atom is -0.463 e. The summed E-state index contributed by atoms with van der Waals surface area (Å²) in [4.78, 5) is 48.8. The van der Waals surface area contributed by atoms with E-state index in [2.05, 4.69) is 52.0 Å². The summed E-state index contributed by atoms with van der Waals surface area (Å²) in [7, 11) is 0. The van der Waals surface area contributed by atoms with Gasteiger partial charge in [-0.15, -0.1) is 0 Å². The Hall–Kier alpha value is -3.92. The third-order valence-electron chi connectivity index (χ3n) is 11.6. The van der Waals surface area contributed by atoms with Gasteiger partial charge in [0.25, 0.3) is 0 Å². The third kappa shape index (κ3) is 35.0. The van der Waals surface area contributed by atoms with Crippen LogP contribution >= 0.6 is 0 Å². The second-order valence-corrected chi connectivity index (χ2v) is 19.0. The first-order valence-electron chi connectivity index (χ1n) is 26.7. The molecule has 0 aliphatic heterocycles. The van der Waals surface area contributed by atoms with Crippen molar-refractivity contribution in [3.8, 4) is 0 Å². The average molecular weight is 1000 g/mol. The molecule has 0 spiro atoms. The second kappa shape index (κ2) is 42.6. The molecule has 14 heteroatoms. The molecule has 0 aromatic heterocycles. The number of ether oxygens (including phenoxy) is 10. The first-order valence-corrected chi connectivity index (χ1v) is 26.7. The van der Waals surface area contributed by atoms with E-state index in [-0.39, 0.29) is 62.1 Å². The van der Waals surface area contributed by atoms with Gasteiger partial charge in [0.1, 0.15) is 26.4 Å². The van der Waals surface area contributed by atoms with Crippen molar-refractivity contribution >= 4 is 23.9 Å². The van der Waals surface area contributed by atoms with Crippen molar-refractivity contribution in [2.45, 2.75) is 150 Å². The highest BCUT2D eigenvalue weighted by Crippen LogP contribution is 2.21. The number of carbonyl (C=O) groups excluding carboxylic acids is 4. The fourth-order valence-corrected chi connectivity index (χ4v) is 7.54. The first-order chi connectivity index (χ1) is 34.5. The highest BCUT2D eigenvalue weighted by atomic mass is 16.6. The Morgan fingerprint density at radius 3 is 0.831 bits per heavy atom. The van der Waals surface area contributed by atoms with Crippen LogP contribution < -0.4 is 0 Å². The highest BCUT2D eigenvalue weighted by Gasteiger charge is 2.18. The summed E-state index contributed by atoms with van der Waals surface area (Å²) >= 11 is 0. The van der Waals surface area contributed by atoms with Crippen LogP contribution in [0.4, 0.5) is 0 Å². The van der Waals surface area contributed by atoms with Gasteiger partial charge in [0.2, 0.25) is 0 Å². The van der Waals surface area contributed by atoms with Crippen LogP contribution in [0.15, 0.2) is 48.5 Å². The van der Waals surface area contributed by atoms with Crippen molar-refractivity contribution in [3.05, 3.63) is 70.8 Å². The number of benzene rings is 2. The molecule has 0 saturated heterocycles. The predicted molar refractivity (Wildman–Crippen MR) is 276 cm³/mol. The van der Waals surface area contributed by atoms with E-state index in [4.69, 9.17) is 47.4 Å². The average Bonchev–Trinajstić information content (AvgIpc) is 3.35. The lowest BCUT2D eigenvalue weighted by Gasteiger charge is -2.13. The van der Waals surface area contributed by atoms with Crippen molar-refractivity contribution in [1.82, 2.24) is 0 Å². The van der Waals surface area contributed by atoms with E-state index in [1.165, 1.54) is 43.2 Å². The van der Waals surface area contributed by atoms with E-state index in [9.17, 15) is 19.2 Å². The molecule has 0 heterocycles. The Morgan fingerprint density at radius 2 is 0.563 bits per heavy atom. The topological polar surface area (TPSA) is 161 Å². The Balaban J connectivity index is 1.23. The standard InChI is InChI=1S/C57H92O14/c1-46(2)44-50-20-24-52(25-21-50)48(5)56(60)70-42-38-66-34-30-62-28-32-64-36-40-68-54(58)18-16-14-12-10-8-7-9-11-13-15-17-19-55(59)69-41-37-65-33-29-63-31-35-67-39-43-71-57(61)49(6)53-26-22-51(23-27-53)45-47(3)4/h20-27,46-49H,7-19,28-45H2,1-6H3. The molecule has 0 radical (unpaired) electrons. The Bertz CT molecular complexity index is 1510. The van der Waals surface area contributed by atoms with Crippen LogP contribution in [0.1, 0.15) is 159 Å². The maximum absolute atomic E-state index is 12.4. The zero-order valence-electron chi connectivity index (χ0n) is 44.6. The van der Waals surface area contributed by atoms with Gasteiger partial charge in [0.15, 0.2) is 0 Å². The quantitative estimate of drug-likeness (QED) is 0.0350. The van der Waals surface area contributed by atoms with Gasteiger partial charge in [0, 0.05) is 12.8 Å². The van der Waals surface area contributed by atoms with Crippen LogP contribution in [-0.4, -0.2) is 130 Å². The minimum atomic E-state index is -0.326. The van der Waals surface area contributed by atoms with E-state index in [1.54, 1.807) is 0 Å². The van der Waals surface area contributed by atoms with E-state index in [0.717, 1.165) is 62.5 Å². The molecule has 2 aromatic carbocycles. The lowest BCUT2D eigenvalue weighted by Crippen LogP contribution is -2.17. The lowest BCUT2D eigenvalue weighted by atomic mass is 9.97. The van der Waals surface area contributed by atoms with Crippen molar-refractivity contribution in [2.75, 3.05) is 106 Å². The molecule has 2 aromatic rings. The Labute approximate surface area is 427 Å². The van der Waals surface area contributed by atoms with Gasteiger partial charge in [-0.1, -0.05) is 134 Å². The van der Waals surface area contributed by atoms with Gasteiger partial charge in [-0.3, -0.25) is 19.2 Å². The third-order valence-corrected chi connectivity index (χ3v) is 11.6. The SMILES string of the molecule is CC(C)Cc1ccc(C(C)C(=O)OCCOCCOCCOCCOC(=O)CCCCCCCCCCCCCC(=O)OCCOCCOCCOCCOC(=O)C(C)c2ccc(CC(C)C)cc2)cc1. The summed E-state index contributed by atoms with van der Waals surface area (Å²) < 4.78 is 54.3. The fourth-order valence-electron chi connectivity index (χ4n) is 7.54. The summed E-state index contributed by atoms with van der Waals surface area (Å²) in [6.45, 7) is 17.8. The molecule has 2 rings (SSSR count). The summed E-state index contributed by atoms with van der Waals surface area (Å²) in [5.74, 6) is -0.364. The highest BCUT2D eigenvalue weighted by molar-refractivity contribution is 5.78. The number of rotatable bonds is 46. The van der Waals surface area contributed by atoms with Gasteiger partial charge < -0.3 is 47.4 Å². The van der Waals surface area contributed by atoms with E-state index in [0.29, 0.717) is 104 Å². The van der Waals surface area contributed by atoms with Crippen LogP contribution in [-0.2, 0) is 79.4 Å². The van der Waals surface area contributed by atoms with Gasteiger partial charge in [-0.05, 0) is 73.6 Å². The van der Waals surface area contributed by atoms with Crippen LogP contribution in [0.3, 0.4) is 0 Å². The van der Waals surface area contributed by atoms with Crippen LogP contribution in [0.25, 0.3) is 0 Å². The van der Waals surface area contributed by atoms with Crippen LogP contribution in [0, 0.1) is 11.8 Å². The summed E-state index contributed by atoms with van der Waals surface area (Å²) in [6, 6.07) is 16.3. The van der Waals surface area contributed by atoms with Crippen molar-refractivity contribution in [1.29, 1.82) is 0 Å². The largest absolute Gasteiger partial charge is 0.463 e. The molecule has 14 nitrogen and oxygen atoms in total. The maximum atomic E-state index is 12.4. The smallest absolute Gasteiger partial charge is 0.313 e. The molecule has 0 aliphatic carbocycles. The van der Waals surface area contributed by atoms with Crippen molar-refractivity contribution in [2.24, 2.45) is 11.8 Å². The number of unbranched alkanes of at least 4 members (excludes halogenated alkanes) is 10. The molecule has 404 valence electrons. The van der Waals surface area contributed by atoms with E-state index < -0.39 is 0 Å². The zero-order chi connectivity index (χ0) is 51.6. The van der Waals surface area contributed by atoms with Gasteiger partial charge in [0.05, 0.1) is 91.1 Å². The lowest BCUT2D eigenvalue weighted by molar-refractivity contribution is -0.147. The molecule has 71 heavy (non-hydrogen) atoms. The molecule has 0 amide bonds. The molecule has 2 atom stereocenters. The monoisotopic (exact) mass is 1000 g/mol. The molecule has 2 unspecified atom stereocenters. The summed E-state index contributed by atoms with van der Waals surface area (Å²) in [5, 5.41) is 0. The van der Waals surface area contributed by atoms with Gasteiger partial charge in [-0.25, -0.2) is 0 Å². The van der Waals surface area contributed by atoms with Gasteiger partial charge in [-0.2, -0.15) is 0 Å². The van der Waals surface area contributed by atoms with Crippen molar-refractivity contribution < 1.29 is 66.5 Å². The summed E-state index contributed by atoms with van der Waals surface area (Å²) in [5.41, 5.74) is 4.43. The summed E-state index contributed by atoms with van der Waals surface area (Å²) in [6.07, 6.45) is 14.8. The fraction of sp³-hybridized carbons (Fsp3) is 0.719. The zero-order valence-corrected chi connectivity index (χ0v) is 44.6. The Morgan fingerprint density at radius 1 is 0.324 bits per heavy atom. The van der Waals surface area contributed by atoms with E-state index in [1.807, 2.05) is 38.1 Å². The molecule has 0 fully saturated rings. The normalized spacial score (nSPS) is 12.3.